The van der Waals surface area contributed by atoms with Crippen molar-refractivity contribution in [1.82, 2.24) is 15.0 Å². The van der Waals surface area contributed by atoms with Crippen molar-refractivity contribution in [2.75, 3.05) is 0 Å². The Morgan fingerprint density at radius 2 is 1.90 bits per heavy atom. The average molecular weight is 263 g/mol. The second kappa shape index (κ2) is 5.09. The molecule has 0 unspecified atom stereocenters. The summed E-state index contributed by atoms with van der Waals surface area (Å²) in [5.41, 5.74) is 4.53. The van der Waals surface area contributed by atoms with Crippen molar-refractivity contribution >= 4 is 6.29 Å². The van der Waals surface area contributed by atoms with E-state index in [2.05, 4.69) is 10.3 Å². The van der Waals surface area contributed by atoms with Crippen LogP contribution in [0.4, 0.5) is 0 Å². The number of hydrogen-bond acceptors (Lipinski definition) is 3. The first-order chi connectivity index (χ1) is 9.76. The number of rotatable bonds is 3. The van der Waals surface area contributed by atoms with Crippen LogP contribution in [0.25, 0.3) is 16.9 Å². The third-order valence-corrected chi connectivity index (χ3v) is 3.10. The van der Waals surface area contributed by atoms with Crippen LogP contribution in [0.15, 0.2) is 54.7 Å². The van der Waals surface area contributed by atoms with Gasteiger partial charge in [0, 0.05) is 11.1 Å². The van der Waals surface area contributed by atoms with E-state index in [0.29, 0.717) is 5.56 Å². The standard InChI is InChI=1S/C16H13N3O/c1-12-3-2-4-15(9-12)19-10-16(17-18-19)14-7-5-13(11-20)6-8-14/h2-11H,1H3. The first-order valence-corrected chi connectivity index (χ1v) is 6.31. The molecule has 1 heterocycles. The highest BCUT2D eigenvalue weighted by atomic mass is 16.1. The summed E-state index contributed by atoms with van der Waals surface area (Å²) in [6.45, 7) is 2.04. The van der Waals surface area contributed by atoms with Crippen molar-refractivity contribution in [3.63, 3.8) is 0 Å². The molecule has 0 atom stereocenters. The molecule has 0 aliphatic rings. The minimum Gasteiger partial charge on any atom is -0.298 e. The number of benzene rings is 2. The second-order valence-electron chi connectivity index (χ2n) is 4.63. The molecule has 4 heteroatoms. The summed E-state index contributed by atoms with van der Waals surface area (Å²) in [5, 5.41) is 8.32. The zero-order chi connectivity index (χ0) is 13.9. The maximum absolute atomic E-state index is 10.6. The Balaban J connectivity index is 1.95. The lowest BCUT2D eigenvalue weighted by Crippen LogP contribution is -1.94. The largest absolute Gasteiger partial charge is 0.298 e. The molecular weight excluding hydrogens is 250 g/mol. The molecule has 0 spiro atoms. The lowest BCUT2D eigenvalue weighted by Gasteiger charge is -2.00. The van der Waals surface area contributed by atoms with Crippen molar-refractivity contribution in [2.24, 2.45) is 0 Å². The van der Waals surface area contributed by atoms with E-state index in [1.807, 2.05) is 49.5 Å². The number of carbonyl (C=O) groups is 1. The molecule has 3 rings (SSSR count). The number of aldehydes is 1. The summed E-state index contributed by atoms with van der Waals surface area (Å²) in [6.07, 6.45) is 2.71. The number of nitrogens with zero attached hydrogens (tertiary/aromatic N) is 3. The molecule has 0 saturated carbocycles. The fraction of sp³-hybridized carbons (Fsp3) is 0.0625. The number of hydrogen-bond donors (Lipinski definition) is 0. The van der Waals surface area contributed by atoms with Crippen LogP contribution in [0, 0.1) is 6.92 Å². The van der Waals surface area contributed by atoms with Gasteiger partial charge in [0.15, 0.2) is 0 Å². The van der Waals surface area contributed by atoms with Crippen LogP contribution >= 0.6 is 0 Å². The Morgan fingerprint density at radius 1 is 1.10 bits per heavy atom. The lowest BCUT2D eigenvalue weighted by atomic mass is 10.1. The highest BCUT2D eigenvalue weighted by molar-refractivity contribution is 5.76. The number of carbonyl (C=O) groups excluding carboxylic acids is 1. The van der Waals surface area contributed by atoms with Gasteiger partial charge in [-0.2, -0.15) is 0 Å². The molecule has 0 amide bonds. The van der Waals surface area contributed by atoms with Gasteiger partial charge in [0.1, 0.15) is 12.0 Å². The third-order valence-electron chi connectivity index (χ3n) is 3.10. The summed E-state index contributed by atoms with van der Waals surface area (Å²) in [6, 6.07) is 15.4. The Bertz CT molecular complexity index is 744. The maximum atomic E-state index is 10.6. The third kappa shape index (κ3) is 2.36. The minimum atomic E-state index is 0.653. The molecule has 0 bridgehead atoms. The summed E-state index contributed by atoms with van der Waals surface area (Å²) >= 11 is 0. The normalized spacial score (nSPS) is 10.4. The monoisotopic (exact) mass is 263 g/mol. The zero-order valence-electron chi connectivity index (χ0n) is 11.0. The molecular formula is C16H13N3O. The molecule has 0 N–H and O–H groups in total. The highest BCUT2D eigenvalue weighted by Crippen LogP contribution is 2.18. The molecule has 0 radical (unpaired) electrons. The number of aromatic nitrogens is 3. The first kappa shape index (κ1) is 12.3. The van der Waals surface area contributed by atoms with E-state index < -0.39 is 0 Å². The van der Waals surface area contributed by atoms with E-state index in [-0.39, 0.29) is 0 Å². The second-order valence-corrected chi connectivity index (χ2v) is 4.63. The lowest BCUT2D eigenvalue weighted by molar-refractivity contribution is 0.112. The van der Waals surface area contributed by atoms with Gasteiger partial charge < -0.3 is 0 Å². The molecule has 0 saturated heterocycles. The smallest absolute Gasteiger partial charge is 0.150 e. The molecule has 0 aliphatic carbocycles. The maximum Gasteiger partial charge on any atom is 0.150 e. The predicted molar refractivity (Wildman–Crippen MR) is 76.9 cm³/mol. The number of aryl methyl sites for hydroxylation is 1. The summed E-state index contributed by atoms with van der Waals surface area (Å²) in [4.78, 5) is 10.6. The Labute approximate surface area is 116 Å². The average Bonchev–Trinajstić information content (AvgIpc) is 2.97. The van der Waals surface area contributed by atoms with E-state index in [0.717, 1.165) is 23.2 Å². The van der Waals surface area contributed by atoms with Gasteiger partial charge in [-0.1, -0.05) is 41.6 Å². The van der Waals surface area contributed by atoms with Crippen LogP contribution in [-0.2, 0) is 0 Å². The van der Waals surface area contributed by atoms with E-state index in [4.69, 9.17) is 0 Å². The predicted octanol–water partition coefficient (Wildman–Crippen LogP) is 3.06. The topological polar surface area (TPSA) is 47.8 Å². The van der Waals surface area contributed by atoms with Crippen molar-refractivity contribution in [1.29, 1.82) is 0 Å². The SMILES string of the molecule is Cc1cccc(-n2cc(-c3ccc(C=O)cc3)nn2)c1. The molecule has 98 valence electrons. The van der Waals surface area contributed by atoms with Crippen LogP contribution in [0.5, 0.6) is 0 Å². The van der Waals surface area contributed by atoms with E-state index in [1.165, 1.54) is 5.56 Å². The fourth-order valence-electron chi connectivity index (χ4n) is 2.03. The van der Waals surface area contributed by atoms with Crippen LogP contribution in [0.1, 0.15) is 15.9 Å². The van der Waals surface area contributed by atoms with Gasteiger partial charge >= 0.3 is 0 Å². The van der Waals surface area contributed by atoms with Gasteiger partial charge in [-0.3, -0.25) is 4.79 Å². The Kier molecular flexibility index (Phi) is 3.13. The zero-order valence-corrected chi connectivity index (χ0v) is 11.0. The summed E-state index contributed by atoms with van der Waals surface area (Å²) in [5.74, 6) is 0. The van der Waals surface area contributed by atoms with Crippen LogP contribution in [0.3, 0.4) is 0 Å². The van der Waals surface area contributed by atoms with Crippen LogP contribution in [0.2, 0.25) is 0 Å². The first-order valence-electron chi connectivity index (χ1n) is 6.31. The van der Waals surface area contributed by atoms with Crippen molar-refractivity contribution in [3.8, 4) is 16.9 Å². The van der Waals surface area contributed by atoms with Gasteiger partial charge in [0.05, 0.1) is 11.9 Å². The molecule has 1 aromatic heterocycles. The van der Waals surface area contributed by atoms with Crippen molar-refractivity contribution in [2.45, 2.75) is 6.92 Å². The van der Waals surface area contributed by atoms with Gasteiger partial charge in [-0.25, -0.2) is 4.68 Å². The van der Waals surface area contributed by atoms with Gasteiger partial charge in [0.25, 0.3) is 0 Å². The van der Waals surface area contributed by atoms with Crippen molar-refractivity contribution < 1.29 is 4.79 Å². The molecule has 4 nitrogen and oxygen atoms in total. The highest BCUT2D eigenvalue weighted by Gasteiger charge is 2.05. The molecule has 3 aromatic rings. The van der Waals surface area contributed by atoms with Crippen molar-refractivity contribution in [3.05, 3.63) is 65.9 Å². The summed E-state index contributed by atoms with van der Waals surface area (Å²) in [7, 11) is 0. The molecule has 2 aromatic carbocycles. The molecule has 20 heavy (non-hydrogen) atoms. The quantitative estimate of drug-likeness (QED) is 0.682. The van der Waals surface area contributed by atoms with Gasteiger partial charge in [-0.05, 0) is 24.6 Å². The Morgan fingerprint density at radius 3 is 2.60 bits per heavy atom. The molecule has 0 fully saturated rings. The fourth-order valence-corrected chi connectivity index (χ4v) is 2.03. The van der Waals surface area contributed by atoms with Crippen LogP contribution in [-0.4, -0.2) is 21.3 Å². The van der Waals surface area contributed by atoms with Crippen LogP contribution < -0.4 is 0 Å². The Hall–Kier alpha value is -2.75. The summed E-state index contributed by atoms with van der Waals surface area (Å²) < 4.78 is 1.75. The van der Waals surface area contributed by atoms with E-state index in [9.17, 15) is 4.79 Å². The van der Waals surface area contributed by atoms with E-state index >= 15 is 0 Å². The van der Waals surface area contributed by atoms with Gasteiger partial charge in [-0.15, -0.1) is 5.10 Å². The molecule has 0 aliphatic heterocycles. The van der Waals surface area contributed by atoms with Gasteiger partial charge in [0.2, 0.25) is 0 Å². The van der Waals surface area contributed by atoms with E-state index in [1.54, 1.807) is 16.8 Å². The minimum absolute atomic E-state index is 0.653.